The number of aromatic nitrogens is 2. The van der Waals surface area contributed by atoms with Gasteiger partial charge in [-0.2, -0.15) is 5.10 Å². The molecule has 1 heterocycles. The Kier molecular flexibility index (Phi) is 2.02. The van der Waals surface area contributed by atoms with E-state index in [9.17, 15) is 9.90 Å². The van der Waals surface area contributed by atoms with Crippen molar-refractivity contribution in [3.8, 4) is 17.0 Å². The van der Waals surface area contributed by atoms with Crippen molar-refractivity contribution in [2.24, 2.45) is 0 Å². The predicted molar refractivity (Wildman–Crippen MR) is 51.1 cm³/mol. The number of hydrogen-bond acceptors (Lipinski definition) is 3. The minimum Gasteiger partial charge on any atom is -0.507 e. The van der Waals surface area contributed by atoms with Crippen molar-refractivity contribution < 1.29 is 9.90 Å². The van der Waals surface area contributed by atoms with Crippen molar-refractivity contribution in [2.45, 2.75) is 0 Å². The van der Waals surface area contributed by atoms with E-state index >= 15 is 0 Å². The van der Waals surface area contributed by atoms with Gasteiger partial charge in [-0.25, -0.2) is 0 Å². The number of nitrogens with zero attached hydrogens (tertiary/aromatic N) is 1. The van der Waals surface area contributed by atoms with Crippen LogP contribution >= 0.6 is 0 Å². The Morgan fingerprint density at radius 2 is 2.14 bits per heavy atom. The van der Waals surface area contributed by atoms with Crippen LogP contribution in [-0.2, 0) is 0 Å². The molecule has 4 nitrogen and oxygen atoms in total. The standard InChI is InChI=1S/C10H8N2O2/c13-6-7-5-11-12-10(7)8-3-1-2-4-9(8)14/h1-6,14H,(H,11,12). The summed E-state index contributed by atoms with van der Waals surface area (Å²) in [7, 11) is 0. The largest absolute Gasteiger partial charge is 0.507 e. The second-order valence-electron chi connectivity index (χ2n) is 2.84. The summed E-state index contributed by atoms with van der Waals surface area (Å²) in [5.41, 5.74) is 1.55. The van der Waals surface area contributed by atoms with Gasteiger partial charge in [-0.1, -0.05) is 12.1 Å². The lowest BCUT2D eigenvalue weighted by Gasteiger charge is -2.01. The van der Waals surface area contributed by atoms with Gasteiger partial charge in [0.05, 0.1) is 17.5 Å². The minimum absolute atomic E-state index is 0.125. The van der Waals surface area contributed by atoms with E-state index in [4.69, 9.17) is 0 Å². The normalized spacial score (nSPS) is 10.0. The SMILES string of the molecule is O=Cc1cn[nH]c1-c1ccccc1O. The van der Waals surface area contributed by atoms with Gasteiger partial charge in [-0.15, -0.1) is 0 Å². The zero-order valence-corrected chi connectivity index (χ0v) is 7.27. The molecule has 0 spiro atoms. The number of nitrogens with one attached hydrogen (secondary N) is 1. The summed E-state index contributed by atoms with van der Waals surface area (Å²) in [6, 6.07) is 6.78. The molecule has 0 fully saturated rings. The van der Waals surface area contributed by atoms with Crippen LogP contribution in [0.25, 0.3) is 11.3 Å². The molecule has 2 aromatic rings. The van der Waals surface area contributed by atoms with Crippen LogP contribution in [0, 0.1) is 0 Å². The van der Waals surface area contributed by atoms with Crippen molar-refractivity contribution in [1.29, 1.82) is 0 Å². The Balaban J connectivity index is 2.60. The maximum atomic E-state index is 10.6. The fraction of sp³-hybridized carbons (Fsp3) is 0. The summed E-state index contributed by atoms with van der Waals surface area (Å²) in [5.74, 6) is 0.125. The Morgan fingerprint density at radius 3 is 2.86 bits per heavy atom. The molecular weight excluding hydrogens is 180 g/mol. The first-order valence-electron chi connectivity index (χ1n) is 4.10. The Hall–Kier alpha value is -2.10. The van der Waals surface area contributed by atoms with Crippen LogP contribution in [0.1, 0.15) is 10.4 Å². The first-order chi connectivity index (χ1) is 6.83. The molecule has 1 aromatic carbocycles. The molecule has 0 aliphatic rings. The number of phenolic OH excluding ortho intramolecular Hbond substituents is 1. The number of carbonyl (C=O) groups is 1. The molecule has 0 unspecified atom stereocenters. The van der Waals surface area contributed by atoms with Crippen LogP contribution in [0.15, 0.2) is 30.5 Å². The Bertz CT molecular complexity index is 463. The van der Waals surface area contributed by atoms with Crippen molar-refractivity contribution >= 4 is 6.29 Å². The van der Waals surface area contributed by atoms with Crippen LogP contribution < -0.4 is 0 Å². The van der Waals surface area contributed by atoms with Crippen molar-refractivity contribution in [2.75, 3.05) is 0 Å². The summed E-state index contributed by atoms with van der Waals surface area (Å²) < 4.78 is 0. The first kappa shape index (κ1) is 8.50. The van der Waals surface area contributed by atoms with Crippen LogP contribution in [-0.4, -0.2) is 21.6 Å². The third-order valence-electron chi connectivity index (χ3n) is 1.97. The summed E-state index contributed by atoms with van der Waals surface area (Å²) >= 11 is 0. The highest BCUT2D eigenvalue weighted by atomic mass is 16.3. The van der Waals surface area contributed by atoms with E-state index in [0.717, 1.165) is 0 Å². The third-order valence-corrected chi connectivity index (χ3v) is 1.97. The van der Waals surface area contributed by atoms with E-state index in [1.54, 1.807) is 24.3 Å². The Morgan fingerprint density at radius 1 is 1.36 bits per heavy atom. The number of carbonyl (C=O) groups excluding carboxylic acids is 1. The molecular formula is C10H8N2O2. The van der Waals surface area contributed by atoms with E-state index in [1.165, 1.54) is 6.20 Å². The number of aldehydes is 1. The zero-order valence-electron chi connectivity index (χ0n) is 7.27. The van der Waals surface area contributed by atoms with Crippen LogP contribution in [0.2, 0.25) is 0 Å². The lowest BCUT2D eigenvalue weighted by molar-refractivity contribution is 0.112. The van der Waals surface area contributed by atoms with Crippen LogP contribution in [0.3, 0.4) is 0 Å². The maximum absolute atomic E-state index is 10.6. The Labute approximate surface area is 80.2 Å². The molecule has 0 aliphatic heterocycles. The average Bonchev–Trinajstić information content (AvgIpc) is 2.66. The monoisotopic (exact) mass is 188 g/mol. The topological polar surface area (TPSA) is 66.0 Å². The summed E-state index contributed by atoms with van der Waals surface area (Å²) in [6.07, 6.45) is 2.13. The molecule has 0 saturated carbocycles. The van der Waals surface area contributed by atoms with Gasteiger partial charge >= 0.3 is 0 Å². The van der Waals surface area contributed by atoms with Crippen LogP contribution in [0.5, 0.6) is 5.75 Å². The van der Waals surface area contributed by atoms with E-state index in [-0.39, 0.29) is 5.75 Å². The van der Waals surface area contributed by atoms with Crippen LogP contribution in [0.4, 0.5) is 0 Å². The number of aromatic hydroxyl groups is 1. The molecule has 14 heavy (non-hydrogen) atoms. The smallest absolute Gasteiger partial charge is 0.153 e. The fourth-order valence-electron chi connectivity index (χ4n) is 1.29. The molecule has 0 radical (unpaired) electrons. The van der Waals surface area contributed by atoms with Gasteiger partial charge in [0.1, 0.15) is 5.75 Å². The minimum atomic E-state index is 0.125. The van der Waals surface area contributed by atoms with E-state index < -0.39 is 0 Å². The van der Waals surface area contributed by atoms with E-state index in [2.05, 4.69) is 10.2 Å². The second-order valence-corrected chi connectivity index (χ2v) is 2.84. The molecule has 1 aromatic heterocycles. The van der Waals surface area contributed by atoms with Gasteiger partial charge in [0.2, 0.25) is 0 Å². The van der Waals surface area contributed by atoms with Crippen molar-refractivity contribution in [3.63, 3.8) is 0 Å². The highest BCUT2D eigenvalue weighted by Crippen LogP contribution is 2.28. The average molecular weight is 188 g/mol. The summed E-state index contributed by atoms with van der Waals surface area (Å²) in [6.45, 7) is 0. The van der Waals surface area contributed by atoms with E-state index in [1.807, 2.05) is 0 Å². The maximum Gasteiger partial charge on any atom is 0.153 e. The van der Waals surface area contributed by atoms with Crippen molar-refractivity contribution in [3.05, 3.63) is 36.0 Å². The summed E-state index contributed by atoms with van der Waals surface area (Å²) in [5, 5.41) is 16.0. The fourth-order valence-corrected chi connectivity index (χ4v) is 1.29. The molecule has 70 valence electrons. The second kappa shape index (κ2) is 3.33. The quantitative estimate of drug-likeness (QED) is 0.703. The number of hydrogen-bond donors (Lipinski definition) is 2. The predicted octanol–water partition coefficient (Wildman–Crippen LogP) is 1.59. The number of H-pyrrole nitrogens is 1. The van der Waals surface area contributed by atoms with Crippen molar-refractivity contribution in [1.82, 2.24) is 10.2 Å². The van der Waals surface area contributed by atoms with Gasteiger partial charge in [0.15, 0.2) is 6.29 Å². The van der Waals surface area contributed by atoms with Gasteiger partial charge in [0.25, 0.3) is 0 Å². The molecule has 0 amide bonds. The highest BCUT2D eigenvalue weighted by molar-refractivity contribution is 5.86. The number of aromatic amines is 1. The van der Waals surface area contributed by atoms with Gasteiger partial charge in [0, 0.05) is 5.56 Å². The number of rotatable bonds is 2. The number of benzene rings is 1. The first-order valence-corrected chi connectivity index (χ1v) is 4.10. The molecule has 2 rings (SSSR count). The molecule has 0 saturated heterocycles. The number of para-hydroxylation sites is 1. The van der Waals surface area contributed by atoms with Gasteiger partial charge < -0.3 is 5.11 Å². The van der Waals surface area contributed by atoms with E-state index in [0.29, 0.717) is 23.1 Å². The van der Waals surface area contributed by atoms with Gasteiger partial charge in [-0.05, 0) is 12.1 Å². The molecule has 2 N–H and O–H groups in total. The number of phenols is 1. The molecule has 0 atom stereocenters. The van der Waals surface area contributed by atoms with Gasteiger partial charge in [-0.3, -0.25) is 9.89 Å². The zero-order chi connectivity index (χ0) is 9.97. The molecule has 4 heteroatoms. The highest BCUT2D eigenvalue weighted by Gasteiger charge is 2.09. The summed E-state index contributed by atoms with van der Waals surface area (Å²) in [4.78, 5) is 10.6. The lowest BCUT2D eigenvalue weighted by Crippen LogP contribution is -1.84. The lowest BCUT2D eigenvalue weighted by atomic mass is 10.1. The third kappa shape index (κ3) is 1.26. The molecule has 0 aliphatic carbocycles. The molecule has 0 bridgehead atoms.